The van der Waals surface area contributed by atoms with Gasteiger partial charge in [-0.15, -0.1) is 0 Å². The molecule has 0 spiro atoms. The van der Waals surface area contributed by atoms with Crippen molar-refractivity contribution in [3.63, 3.8) is 0 Å². The number of hydrogen-bond acceptors (Lipinski definition) is 5. The molecule has 3 rings (SSSR count). The highest BCUT2D eigenvalue weighted by molar-refractivity contribution is 6.42. The number of halogens is 2. The maximum Gasteiger partial charge on any atom is 0.218 e. The molecule has 2 fully saturated rings. The van der Waals surface area contributed by atoms with Crippen LogP contribution in [0.3, 0.4) is 0 Å². The van der Waals surface area contributed by atoms with Crippen molar-refractivity contribution in [1.29, 1.82) is 0 Å². The van der Waals surface area contributed by atoms with Crippen LogP contribution in [0, 0.1) is 5.41 Å². The summed E-state index contributed by atoms with van der Waals surface area (Å²) in [6.45, 7) is 7.77. The Bertz CT molecular complexity index is 725. The molecule has 1 heterocycles. The molecule has 1 aliphatic carbocycles. The van der Waals surface area contributed by atoms with Crippen molar-refractivity contribution in [1.82, 2.24) is 4.90 Å². The Hall–Kier alpha value is -0.400. The van der Waals surface area contributed by atoms with Crippen molar-refractivity contribution in [3.8, 4) is 0 Å². The monoisotopic (exact) mass is 445 g/mol. The molecule has 1 aromatic carbocycles. The van der Waals surface area contributed by atoms with Crippen LogP contribution in [0.4, 0.5) is 0 Å². The maximum absolute atomic E-state index is 9.66. The molecule has 0 radical (unpaired) electrons. The molecule has 164 valence electrons. The van der Waals surface area contributed by atoms with E-state index < -0.39 is 6.41 Å². The summed E-state index contributed by atoms with van der Waals surface area (Å²) in [5.74, 6) is 0. The Balaban J connectivity index is 1.94. The summed E-state index contributed by atoms with van der Waals surface area (Å²) in [6, 6.07) is 5.95. The number of benzene rings is 1. The molecule has 1 aromatic rings. The van der Waals surface area contributed by atoms with E-state index in [9.17, 15) is 5.11 Å². The van der Waals surface area contributed by atoms with Gasteiger partial charge in [-0.2, -0.15) is 0 Å². The van der Waals surface area contributed by atoms with Crippen molar-refractivity contribution in [2.75, 3.05) is 33.9 Å². The number of fused-ring (bicyclic) bond motifs is 1. The highest BCUT2D eigenvalue weighted by atomic mass is 35.5. The summed E-state index contributed by atoms with van der Waals surface area (Å²) in [5.41, 5.74) is 0.685. The van der Waals surface area contributed by atoms with E-state index in [1.807, 2.05) is 32.9 Å². The van der Waals surface area contributed by atoms with Gasteiger partial charge in [0.1, 0.15) is 0 Å². The van der Waals surface area contributed by atoms with Crippen molar-refractivity contribution >= 4 is 23.2 Å². The van der Waals surface area contributed by atoms with Crippen molar-refractivity contribution < 1.29 is 19.3 Å². The number of aliphatic hydroxyl groups excluding tert-OH is 1. The molecule has 5 nitrogen and oxygen atoms in total. The second-order valence-electron chi connectivity index (χ2n) is 9.27. The van der Waals surface area contributed by atoms with Gasteiger partial charge >= 0.3 is 0 Å². The van der Waals surface area contributed by atoms with Crippen LogP contribution in [-0.4, -0.2) is 62.0 Å². The maximum atomic E-state index is 9.66. The summed E-state index contributed by atoms with van der Waals surface area (Å²) in [5, 5.41) is 10.8. The number of piperidine rings is 1. The smallest absolute Gasteiger partial charge is 0.218 e. The van der Waals surface area contributed by atoms with E-state index in [1.165, 1.54) is 5.56 Å². The Labute approximate surface area is 184 Å². The minimum Gasteiger partial charge on any atom is -0.396 e. The first kappa shape index (κ1) is 23.3. The number of rotatable bonds is 8. The van der Waals surface area contributed by atoms with Gasteiger partial charge in [-0.1, -0.05) is 29.3 Å². The summed E-state index contributed by atoms with van der Waals surface area (Å²) >= 11 is 12.5. The van der Waals surface area contributed by atoms with Crippen LogP contribution in [-0.2, 0) is 19.6 Å². The SMILES string of the molecule is COC(OC(C)(C)C)N1CCC2(c3ccc(Cl)c(Cl)c3)CC2(C(CCO)OC)C1. The number of likely N-dealkylation sites (tertiary alicyclic amines) is 1. The molecule has 7 heteroatoms. The Morgan fingerprint density at radius 1 is 1.17 bits per heavy atom. The minimum absolute atomic E-state index is 0.0480. The second-order valence-corrected chi connectivity index (χ2v) is 10.1. The van der Waals surface area contributed by atoms with Crippen LogP contribution < -0.4 is 0 Å². The van der Waals surface area contributed by atoms with Gasteiger partial charge in [0.15, 0.2) is 0 Å². The Morgan fingerprint density at radius 2 is 1.90 bits per heavy atom. The first-order valence-electron chi connectivity index (χ1n) is 10.2. The lowest BCUT2D eigenvalue weighted by Crippen LogP contribution is -2.53. The van der Waals surface area contributed by atoms with Crippen LogP contribution in [0.2, 0.25) is 10.0 Å². The number of hydrogen-bond donors (Lipinski definition) is 1. The van der Waals surface area contributed by atoms with E-state index in [1.54, 1.807) is 14.2 Å². The van der Waals surface area contributed by atoms with Crippen molar-refractivity contribution in [2.45, 2.75) is 63.6 Å². The van der Waals surface area contributed by atoms with E-state index in [0.29, 0.717) is 16.5 Å². The third-order valence-corrected chi connectivity index (χ3v) is 7.21. The average molecular weight is 446 g/mol. The molecule has 4 unspecified atom stereocenters. The molecule has 1 saturated heterocycles. The van der Waals surface area contributed by atoms with E-state index in [0.717, 1.165) is 25.9 Å². The predicted molar refractivity (Wildman–Crippen MR) is 116 cm³/mol. The molecule has 29 heavy (non-hydrogen) atoms. The fourth-order valence-corrected chi connectivity index (χ4v) is 5.46. The van der Waals surface area contributed by atoms with E-state index in [-0.39, 0.29) is 29.1 Å². The van der Waals surface area contributed by atoms with Gasteiger partial charge in [-0.25, -0.2) is 0 Å². The normalized spacial score (nSPS) is 29.4. The van der Waals surface area contributed by atoms with Gasteiger partial charge in [0.25, 0.3) is 0 Å². The molecule has 0 amide bonds. The zero-order valence-corrected chi connectivity index (χ0v) is 19.5. The lowest BCUT2D eigenvalue weighted by atomic mass is 9.76. The minimum atomic E-state index is -0.425. The zero-order chi connectivity index (χ0) is 21.4. The molecule has 2 aliphatic rings. The third-order valence-electron chi connectivity index (χ3n) is 6.47. The van der Waals surface area contributed by atoms with Crippen LogP contribution in [0.1, 0.15) is 45.6 Å². The fourth-order valence-electron chi connectivity index (χ4n) is 5.16. The molecular formula is C22H33Cl2NO4. The van der Waals surface area contributed by atoms with Gasteiger partial charge in [0.2, 0.25) is 6.41 Å². The van der Waals surface area contributed by atoms with E-state index in [2.05, 4.69) is 11.0 Å². The van der Waals surface area contributed by atoms with Crippen molar-refractivity contribution in [2.24, 2.45) is 5.41 Å². The molecule has 1 aliphatic heterocycles. The Kier molecular flexibility index (Phi) is 6.92. The second kappa shape index (κ2) is 8.62. The lowest BCUT2D eigenvalue weighted by Gasteiger charge is -2.44. The fraction of sp³-hybridized carbons (Fsp3) is 0.727. The van der Waals surface area contributed by atoms with Gasteiger partial charge in [0, 0.05) is 44.7 Å². The zero-order valence-electron chi connectivity index (χ0n) is 18.0. The third kappa shape index (κ3) is 4.33. The summed E-state index contributed by atoms with van der Waals surface area (Å²) in [6.07, 6.45) is 2.00. The predicted octanol–water partition coefficient (Wildman–Crippen LogP) is 4.47. The van der Waals surface area contributed by atoms with Gasteiger partial charge in [-0.3, -0.25) is 4.90 Å². The topological polar surface area (TPSA) is 51.2 Å². The van der Waals surface area contributed by atoms with E-state index in [4.69, 9.17) is 37.4 Å². The van der Waals surface area contributed by atoms with Gasteiger partial charge in [0.05, 0.1) is 21.8 Å². The molecule has 4 atom stereocenters. The largest absolute Gasteiger partial charge is 0.396 e. The lowest BCUT2D eigenvalue weighted by molar-refractivity contribution is -0.261. The summed E-state index contributed by atoms with van der Waals surface area (Å²) in [7, 11) is 3.41. The number of methoxy groups -OCH3 is 2. The van der Waals surface area contributed by atoms with Crippen LogP contribution in [0.25, 0.3) is 0 Å². The van der Waals surface area contributed by atoms with E-state index >= 15 is 0 Å². The molecule has 1 N–H and O–H groups in total. The molecule has 0 aromatic heterocycles. The quantitative estimate of drug-likeness (QED) is 0.598. The van der Waals surface area contributed by atoms with Crippen LogP contribution in [0.5, 0.6) is 0 Å². The average Bonchev–Trinajstić information content (AvgIpc) is 3.36. The number of ether oxygens (including phenoxy) is 3. The standard InChI is InChI=1S/C22H33Cl2NO4/c1-20(2,3)29-19(28-5)25-10-9-21(15-6-7-16(23)17(24)12-15)13-22(21,14-25)18(27-4)8-11-26/h6-7,12,18-19,26H,8-11,13-14H2,1-5H3. The molecular weight excluding hydrogens is 413 g/mol. The number of aliphatic hydroxyl groups is 1. The Morgan fingerprint density at radius 3 is 2.45 bits per heavy atom. The molecule has 0 bridgehead atoms. The highest BCUT2D eigenvalue weighted by Crippen LogP contribution is 2.71. The van der Waals surface area contributed by atoms with Crippen LogP contribution >= 0.6 is 23.2 Å². The highest BCUT2D eigenvalue weighted by Gasteiger charge is 2.73. The summed E-state index contributed by atoms with van der Waals surface area (Å²) < 4.78 is 17.8. The first-order valence-corrected chi connectivity index (χ1v) is 10.9. The summed E-state index contributed by atoms with van der Waals surface area (Å²) in [4.78, 5) is 2.25. The van der Waals surface area contributed by atoms with Gasteiger partial charge < -0.3 is 19.3 Å². The molecule has 1 saturated carbocycles. The van der Waals surface area contributed by atoms with Crippen LogP contribution in [0.15, 0.2) is 18.2 Å². The first-order chi connectivity index (χ1) is 13.6. The number of nitrogens with zero attached hydrogens (tertiary/aromatic N) is 1. The van der Waals surface area contributed by atoms with Crippen molar-refractivity contribution in [3.05, 3.63) is 33.8 Å². The van der Waals surface area contributed by atoms with Gasteiger partial charge in [-0.05, 0) is 57.7 Å².